The molecule has 4 aromatic rings. The average Bonchev–Trinajstić information content (AvgIpc) is 3.53. The highest BCUT2D eigenvalue weighted by Gasteiger charge is 2.42. The second kappa shape index (κ2) is 10.7. The van der Waals surface area contributed by atoms with Crippen LogP contribution in [0.25, 0.3) is 5.69 Å². The summed E-state index contributed by atoms with van der Waals surface area (Å²) >= 11 is 12.3. The maximum atomic E-state index is 12.7. The predicted molar refractivity (Wildman–Crippen MR) is 160 cm³/mol. The summed E-state index contributed by atoms with van der Waals surface area (Å²) in [6.45, 7) is 5.61. The van der Waals surface area contributed by atoms with Crippen LogP contribution >= 0.6 is 23.8 Å². The molecule has 0 radical (unpaired) electrons. The summed E-state index contributed by atoms with van der Waals surface area (Å²) in [6.07, 6.45) is 3.80. The van der Waals surface area contributed by atoms with Gasteiger partial charge in [-0.1, -0.05) is 44.5 Å². The molecule has 1 fully saturated rings. The molecule has 1 saturated heterocycles. The van der Waals surface area contributed by atoms with Gasteiger partial charge in [0, 0.05) is 46.0 Å². The van der Waals surface area contributed by atoms with Crippen molar-refractivity contribution in [1.29, 1.82) is 0 Å². The van der Waals surface area contributed by atoms with Crippen molar-refractivity contribution in [3.63, 3.8) is 0 Å². The summed E-state index contributed by atoms with van der Waals surface area (Å²) in [5.41, 5.74) is 3.69. The Morgan fingerprint density at radius 3 is 2.56 bits per heavy atom. The molecule has 2 unspecified atom stereocenters. The Hall–Kier alpha value is -3.88. The zero-order valence-corrected chi connectivity index (χ0v) is 23.8. The monoisotopic (exact) mass is 559 g/mol. The molecule has 1 amide bonds. The van der Waals surface area contributed by atoms with Crippen LogP contribution < -0.4 is 20.3 Å². The van der Waals surface area contributed by atoms with Gasteiger partial charge in [-0.15, -0.1) is 0 Å². The van der Waals surface area contributed by atoms with Gasteiger partial charge >= 0.3 is 0 Å². The fourth-order valence-corrected chi connectivity index (χ4v) is 5.20. The van der Waals surface area contributed by atoms with E-state index in [9.17, 15) is 4.79 Å². The van der Waals surface area contributed by atoms with Gasteiger partial charge in [0.1, 0.15) is 11.8 Å². The minimum atomic E-state index is -0.545. The highest BCUT2D eigenvalue weighted by Crippen LogP contribution is 2.44. The molecule has 5 rings (SSSR count). The normalized spacial score (nSPS) is 17.2. The lowest BCUT2D eigenvalue weighted by atomic mass is 9.95. The number of methoxy groups -OCH3 is 1. The molecule has 7 nitrogen and oxygen atoms in total. The van der Waals surface area contributed by atoms with E-state index in [0.29, 0.717) is 21.6 Å². The van der Waals surface area contributed by atoms with Crippen molar-refractivity contribution >= 4 is 46.2 Å². The summed E-state index contributed by atoms with van der Waals surface area (Å²) in [5.74, 6) is 0.442. The van der Waals surface area contributed by atoms with Gasteiger partial charge in [0.15, 0.2) is 5.11 Å². The zero-order chi connectivity index (χ0) is 27.7. The third-order valence-electron chi connectivity index (χ3n) is 6.66. The summed E-state index contributed by atoms with van der Waals surface area (Å²) in [5, 5.41) is 7.69. The summed E-state index contributed by atoms with van der Waals surface area (Å²) in [6, 6.07) is 22.9. The van der Waals surface area contributed by atoms with E-state index in [1.54, 1.807) is 13.3 Å². The second-order valence-corrected chi connectivity index (χ2v) is 11.2. The standard InChI is InChI=1S/C30H30ClN5O2S/c1-30(2,3)28(37)33-22-14-13-21(18-25(22)38-4)36-27(26(34-29(36)39)23-11-5-6-15-32-23)24-12-8-16-35(24)20-10-7-9-19(31)17-20/h5-18,26-27H,1-4H3,(H,33,37)(H,34,39). The number of amides is 1. The molecule has 0 aliphatic carbocycles. The number of nitrogens with zero attached hydrogens (tertiary/aromatic N) is 3. The van der Waals surface area contributed by atoms with Gasteiger partial charge in [0.25, 0.3) is 0 Å². The lowest BCUT2D eigenvalue weighted by Gasteiger charge is -2.29. The molecular formula is C30H30ClN5O2S. The van der Waals surface area contributed by atoms with Crippen LogP contribution in [0.1, 0.15) is 44.2 Å². The number of anilines is 2. The SMILES string of the molecule is COc1cc(N2C(=S)NC(c3ccccn3)C2c2cccn2-c2cccc(Cl)c2)ccc1NC(=O)C(C)(C)C. The minimum Gasteiger partial charge on any atom is -0.494 e. The number of pyridine rings is 1. The van der Waals surface area contributed by atoms with Gasteiger partial charge in [-0.2, -0.15) is 0 Å². The number of rotatable bonds is 6. The first-order chi connectivity index (χ1) is 18.7. The van der Waals surface area contributed by atoms with Crippen LogP contribution in [0.15, 0.2) is 85.2 Å². The van der Waals surface area contributed by atoms with Crippen LogP contribution in [0.5, 0.6) is 5.75 Å². The Kier molecular flexibility index (Phi) is 7.34. The van der Waals surface area contributed by atoms with Crippen LogP contribution in [-0.2, 0) is 4.79 Å². The van der Waals surface area contributed by atoms with E-state index in [1.165, 1.54) is 0 Å². The Morgan fingerprint density at radius 1 is 1.05 bits per heavy atom. The maximum absolute atomic E-state index is 12.7. The van der Waals surface area contributed by atoms with Gasteiger partial charge in [-0.05, 0) is 66.8 Å². The van der Waals surface area contributed by atoms with Crippen molar-refractivity contribution in [3.05, 3.63) is 102 Å². The first-order valence-electron chi connectivity index (χ1n) is 12.6. The largest absolute Gasteiger partial charge is 0.494 e. The number of halogens is 1. The van der Waals surface area contributed by atoms with Crippen LogP contribution in [0.4, 0.5) is 11.4 Å². The van der Waals surface area contributed by atoms with E-state index >= 15 is 0 Å². The highest BCUT2D eigenvalue weighted by atomic mass is 35.5. The smallest absolute Gasteiger partial charge is 0.229 e. The fraction of sp³-hybridized carbons (Fsp3) is 0.233. The van der Waals surface area contributed by atoms with E-state index < -0.39 is 5.41 Å². The number of nitrogens with one attached hydrogen (secondary N) is 2. The average molecular weight is 560 g/mol. The van der Waals surface area contributed by atoms with E-state index in [2.05, 4.69) is 31.2 Å². The third-order valence-corrected chi connectivity index (χ3v) is 7.21. The fourth-order valence-electron chi connectivity index (χ4n) is 4.67. The van der Waals surface area contributed by atoms with Crippen LogP contribution in [-0.4, -0.2) is 27.7 Å². The molecule has 1 aliphatic rings. The molecule has 3 heterocycles. The maximum Gasteiger partial charge on any atom is 0.229 e. The number of carbonyl (C=O) groups is 1. The van der Waals surface area contributed by atoms with E-state index in [1.807, 2.05) is 93.7 Å². The molecule has 0 saturated carbocycles. The van der Waals surface area contributed by atoms with Crippen molar-refractivity contribution in [2.24, 2.45) is 5.41 Å². The first-order valence-corrected chi connectivity index (χ1v) is 13.4. The van der Waals surface area contributed by atoms with E-state index in [0.717, 1.165) is 22.8 Å². The molecule has 2 aromatic heterocycles. The number of ether oxygens (including phenoxy) is 1. The topological polar surface area (TPSA) is 71.4 Å². The Morgan fingerprint density at radius 2 is 1.87 bits per heavy atom. The number of hydrogen-bond acceptors (Lipinski definition) is 4. The van der Waals surface area contributed by atoms with Crippen LogP contribution in [0.2, 0.25) is 5.02 Å². The Balaban J connectivity index is 1.61. The van der Waals surface area contributed by atoms with Crippen molar-refractivity contribution < 1.29 is 9.53 Å². The molecule has 1 aliphatic heterocycles. The van der Waals surface area contributed by atoms with Crippen molar-refractivity contribution in [2.75, 3.05) is 17.3 Å². The van der Waals surface area contributed by atoms with Gasteiger partial charge < -0.3 is 24.8 Å². The van der Waals surface area contributed by atoms with Crippen LogP contribution in [0, 0.1) is 5.41 Å². The molecule has 0 spiro atoms. The van der Waals surface area contributed by atoms with E-state index in [-0.39, 0.29) is 18.0 Å². The predicted octanol–water partition coefficient (Wildman–Crippen LogP) is 6.70. The molecule has 2 atom stereocenters. The summed E-state index contributed by atoms with van der Waals surface area (Å²) < 4.78 is 7.82. The van der Waals surface area contributed by atoms with Gasteiger partial charge in [0.2, 0.25) is 5.91 Å². The minimum absolute atomic E-state index is 0.0978. The van der Waals surface area contributed by atoms with Crippen LogP contribution in [0.3, 0.4) is 0 Å². The highest BCUT2D eigenvalue weighted by molar-refractivity contribution is 7.80. The Bertz CT molecular complexity index is 1520. The molecule has 39 heavy (non-hydrogen) atoms. The second-order valence-electron chi connectivity index (χ2n) is 10.4. The molecule has 200 valence electrons. The summed E-state index contributed by atoms with van der Waals surface area (Å²) in [7, 11) is 1.59. The summed E-state index contributed by atoms with van der Waals surface area (Å²) in [4.78, 5) is 19.4. The van der Waals surface area contributed by atoms with Gasteiger partial charge in [0.05, 0.1) is 24.5 Å². The van der Waals surface area contributed by atoms with Gasteiger partial charge in [-0.25, -0.2) is 0 Å². The quantitative estimate of drug-likeness (QED) is 0.256. The van der Waals surface area contributed by atoms with Crippen molar-refractivity contribution in [1.82, 2.24) is 14.9 Å². The molecule has 0 bridgehead atoms. The Labute approximate surface area is 238 Å². The van der Waals surface area contributed by atoms with E-state index in [4.69, 9.17) is 28.6 Å². The van der Waals surface area contributed by atoms with Crippen molar-refractivity contribution in [3.8, 4) is 11.4 Å². The number of carbonyl (C=O) groups excluding carboxylic acids is 1. The first kappa shape index (κ1) is 26.7. The number of benzene rings is 2. The lowest BCUT2D eigenvalue weighted by molar-refractivity contribution is -0.123. The zero-order valence-electron chi connectivity index (χ0n) is 22.2. The molecule has 9 heteroatoms. The number of aromatic nitrogens is 2. The number of thiocarbonyl (C=S) groups is 1. The number of hydrogen-bond donors (Lipinski definition) is 2. The van der Waals surface area contributed by atoms with Gasteiger partial charge in [-0.3, -0.25) is 9.78 Å². The molecule has 2 aromatic carbocycles. The third kappa shape index (κ3) is 5.35. The molecule has 2 N–H and O–H groups in total. The van der Waals surface area contributed by atoms with Crippen molar-refractivity contribution in [2.45, 2.75) is 32.9 Å². The lowest BCUT2D eigenvalue weighted by Crippen LogP contribution is -2.30. The molecular weight excluding hydrogens is 530 g/mol.